The van der Waals surface area contributed by atoms with Crippen LogP contribution in [-0.2, 0) is 0 Å². The third kappa shape index (κ3) is 3.89. The molecule has 1 aromatic rings. The van der Waals surface area contributed by atoms with Gasteiger partial charge in [0, 0.05) is 18.3 Å². The van der Waals surface area contributed by atoms with Crippen LogP contribution in [0, 0.1) is 5.82 Å². The molecule has 18 heavy (non-hydrogen) atoms. The summed E-state index contributed by atoms with van der Waals surface area (Å²) >= 11 is 0. The molecule has 3 nitrogen and oxygen atoms in total. The molecule has 0 aliphatic heterocycles. The van der Waals surface area contributed by atoms with E-state index < -0.39 is 24.8 Å². The second kappa shape index (κ2) is 6.61. The Morgan fingerprint density at radius 1 is 1.39 bits per heavy atom. The molecule has 0 fully saturated rings. The second-order valence-electron chi connectivity index (χ2n) is 4.05. The van der Waals surface area contributed by atoms with Crippen molar-refractivity contribution in [2.75, 3.05) is 24.6 Å². The Hall–Kier alpha value is -1.27. The minimum Gasteiger partial charge on any atom is -0.395 e. The van der Waals surface area contributed by atoms with Crippen molar-refractivity contribution in [1.29, 1.82) is 0 Å². The first-order chi connectivity index (χ1) is 8.45. The third-order valence-electron chi connectivity index (χ3n) is 2.55. The zero-order chi connectivity index (χ0) is 13.7. The fourth-order valence-corrected chi connectivity index (χ4v) is 1.78. The maximum atomic E-state index is 13.1. The Bertz CT molecular complexity index is 386. The highest BCUT2D eigenvalue weighted by Crippen LogP contribution is 2.26. The van der Waals surface area contributed by atoms with Gasteiger partial charge in [0.05, 0.1) is 13.2 Å². The minimum atomic E-state index is -2.54. The quantitative estimate of drug-likeness (QED) is 0.823. The molecule has 0 amide bonds. The number of rotatable bonds is 6. The van der Waals surface area contributed by atoms with E-state index in [4.69, 9.17) is 10.8 Å². The van der Waals surface area contributed by atoms with E-state index >= 15 is 0 Å². The fourth-order valence-electron chi connectivity index (χ4n) is 1.78. The summed E-state index contributed by atoms with van der Waals surface area (Å²) in [7, 11) is 0. The molecular weight excluding hydrogens is 245 g/mol. The van der Waals surface area contributed by atoms with Crippen molar-refractivity contribution in [3.05, 3.63) is 29.6 Å². The Morgan fingerprint density at radius 3 is 2.56 bits per heavy atom. The van der Waals surface area contributed by atoms with Crippen molar-refractivity contribution < 1.29 is 18.3 Å². The lowest BCUT2D eigenvalue weighted by molar-refractivity contribution is 0.152. The van der Waals surface area contributed by atoms with Crippen molar-refractivity contribution in [1.82, 2.24) is 0 Å². The van der Waals surface area contributed by atoms with Crippen LogP contribution >= 0.6 is 0 Å². The van der Waals surface area contributed by atoms with Gasteiger partial charge in [0.25, 0.3) is 6.43 Å². The van der Waals surface area contributed by atoms with Crippen LogP contribution in [0.4, 0.5) is 18.9 Å². The number of nitrogens with two attached hydrogens (primary N) is 1. The highest BCUT2D eigenvalue weighted by Gasteiger charge is 2.17. The van der Waals surface area contributed by atoms with Gasteiger partial charge in [-0.2, -0.15) is 0 Å². The number of anilines is 1. The fraction of sp³-hybridized carbons (Fsp3) is 0.500. The van der Waals surface area contributed by atoms with Gasteiger partial charge in [-0.05, 0) is 30.7 Å². The molecular formula is C12H17F3N2O. The van der Waals surface area contributed by atoms with Gasteiger partial charge in [-0.1, -0.05) is 0 Å². The van der Waals surface area contributed by atoms with Crippen LogP contribution in [0.5, 0.6) is 0 Å². The highest BCUT2D eigenvalue weighted by molar-refractivity contribution is 5.55. The predicted molar refractivity (Wildman–Crippen MR) is 64.3 cm³/mol. The maximum Gasteiger partial charge on any atom is 0.255 e. The van der Waals surface area contributed by atoms with Crippen molar-refractivity contribution >= 4 is 5.69 Å². The van der Waals surface area contributed by atoms with E-state index in [1.54, 1.807) is 6.92 Å². The molecule has 0 aliphatic rings. The van der Waals surface area contributed by atoms with Gasteiger partial charge >= 0.3 is 0 Å². The largest absolute Gasteiger partial charge is 0.395 e. The summed E-state index contributed by atoms with van der Waals surface area (Å²) in [5, 5.41) is 8.90. The number of hydrogen-bond donors (Lipinski definition) is 2. The van der Waals surface area contributed by atoms with Crippen LogP contribution in [0.3, 0.4) is 0 Å². The maximum absolute atomic E-state index is 13.1. The standard InChI is InChI=1S/C12H17F3N2O/c1-8(16)10-6-9(13)2-3-11(10)17(4-5-18)7-12(14)15/h2-3,6,8,12,18H,4-5,7,16H2,1H3/t8-/m1/s1. The molecule has 0 radical (unpaired) electrons. The lowest BCUT2D eigenvalue weighted by Crippen LogP contribution is -2.33. The summed E-state index contributed by atoms with van der Waals surface area (Å²) < 4.78 is 38.1. The van der Waals surface area contributed by atoms with E-state index in [9.17, 15) is 13.2 Å². The Kier molecular flexibility index (Phi) is 5.43. The van der Waals surface area contributed by atoms with Crippen LogP contribution in [0.25, 0.3) is 0 Å². The molecule has 6 heteroatoms. The second-order valence-corrected chi connectivity index (χ2v) is 4.05. The molecule has 0 bridgehead atoms. The Balaban J connectivity index is 3.09. The monoisotopic (exact) mass is 262 g/mol. The molecule has 102 valence electrons. The highest BCUT2D eigenvalue weighted by atomic mass is 19.3. The number of benzene rings is 1. The van der Waals surface area contributed by atoms with Gasteiger partial charge in [-0.15, -0.1) is 0 Å². The van der Waals surface area contributed by atoms with Gasteiger partial charge in [0.2, 0.25) is 0 Å². The van der Waals surface area contributed by atoms with E-state index in [2.05, 4.69) is 0 Å². The molecule has 1 rings (SSSR count). The molecule has 1 atom stereocenters. The molecule has 0 spiro atoms. The number of aliphatic hydroxyl groups excluding tert-OH is 1. The van der Waals surface area contributed by atoms with Crippen molar-refractivity contribution in [2.45, 2.75) is 19.4 Å². The van der Waals surface area contributed by atoms with E-state index in [0.717, 1.165) is 0 Å². The summed E-state index contributed by atoms with van der Waals surface area (Å²) in [6.45, 7) is 0.919. The lowest BCUT2D eigenvalue weighted by atomic mass is 10.1. The molecule has 0 saturated carbocycles. The summed E-state index contributed by atoms with van der Waals surface area (Å²) in [4.78, 5) is 1.31. The van der Waals surface area contributed by atoms with Gasteiger partial charge in [0.1, 0.15) is 5.82 Å². The van der Waals surface area contributed by atoms with Crippen molar-refractivity contribution in [3.8, 4) is 0 Å². The molecule has 0 unspecified atom stereocenters. The summed E-state index contributed by atoms with van der Waals surface area (Å²) in [6, 6.07) is 3.36. The smallest absolute Gasteiger partial charge is 0.255 e. The predicted octanol–water partition coefficient (Wildman–Crippen LogP) is 1.91. The average Bonchev–Trinajstić information content (AvgIpc) is 2.27. The molecule has 1 aromatic carbocycles. The van der Waals surface area contributed by atoms with Crippen LogP contribution in [0.2, 0.25) is 0 Å². The zero-order valence-electron chi connectivity index (χ0n) is 10.1. The third-order valence-corrected chi connectivity index (χ3v) is 2.55. The molecule has 0 heterocycles. The van der Waals surface area contributed by atoms with Gasteiger partial charge in [-0.3, -0.25) is 0 Å². The summed E-state index contributed by atoms with van der Waals surface area (Å²) in [5.74, 6) is -0.466. The Morgan fingerprint density at radius 2 is 2.06 bits per heavy atom. The van der Waals surface area contributed by atoms with Crippen LogP contribution in [0.15, 0.2) is 18.2 Å². The lowest BCUT2D eigenvalue weighted by Gasteiger charge is -2.27. The van der Waals surface area contributed by atoms with E-state index in [0.29, 0.717) is 11.3 Å². The van der Waals surface area contributed by atoms with Crippen molar-refractivity contribution in [2.24, 2.45) is 5.73 Å². The molecule has 0 aromatic heterocycles. The first-order valence-electron chi connectivity index (χ1n) is 5.64. The average molecular weight is 262 g/mol. The van der Waals surface area contributed by atoms with Gasteiger partial charge in [0.15, 0.2) is 0 Å². The molecule has 3 N–H and O–H groups in total. The van der Waals surface area contributed by atoms with Crippen LogP contribution in [-0.4, -0.2) is 31.2 Å². The zero-order valence-corrected chi connectivity index (χ0v) is 10.1. The Labute approximate surface area is 104 Å². The first kappa shape index (κ1) is 14.8. The number of hydrogen-bond acceptors (Lipinski definition) is 3. The van der Waals surface area contributed by atoms with Crippen LogP contribution < -0.4 is 10.6 Å². The summed E-state index contributed by atoms with van der Waals surface area (Å²) in [6.07, 6.45) is -2.54. The molecule has 0 saturated heterocycles. The van der Waals surface area contributed by atoms with Crippen LogP contribution in [0.1, 0.15) is 18.5 Å². The van der Waals surface area contributed by atoms with E-state index in [1.807, 2.05) is 0 Å². The van der Waals surface area contributed by atoms with E-state index in [-0.39, 0.29) is 13.2 Å². The minimum absolute atomic E-state index is 0.0513. The van der Waals surface area contributed by atoms with E-state index in [1.165, 1.54) is 23.1 Å². The molecule has 0 aliphatic carbocycles. The SMILES string of the molecule is C[C@@H](N)c1cc(F)ccc1N(CCO)CC(F)F. The topological polar surface area (TPSA) is 49.5 Å². The van der Waals surface area contributed by atoms with Gasteiger partial charge < -0.3 is 15.7 Å². The summed E-state index contributed by atoms with van der Waals surface area (Å²) in [5.41, 5.74) is 6.58. The number of aliphatic hydroxyl groups is 1. The normalized spacial score (nSPS) is 12.8. The number of alkyl halides is 2. The number of nitrogens with zero attached hydrogens (tertiary/aromatic N) is 1. The van der Waals surface area contributed by atoms with Gasteiger partial charge in [-0.25, -0.2) is 13.2 Å². The number of halogens is 3. The van der Waals surface area contributed by atoms with Crippen molar-refractivity contribution in [3.63, 3.8) is 0 Å². The first-order valence-corrected chi connectivity index (χ1v) is 5.64.